The second-order valence-corrected chi connectivity index (χ2v) is 7.27. The minimum atomic E-state index is -0.748. The largest absolute Gasteiger partial charge is 0.485 e. The summed E-state index contributed by atoms with van der Waals surface area (Å²) in [6.07, 6.45) is -0.748. The van der Waals surface area contributed by atoms with E-state index < -0.39 is 6.10 Å². The summed E-state index contributed by atoms with van der Waals surface area (Å²) >= 11 is 1.49. The highest BCUT2D eigenvalue weighted by molar-refractivity contribution is 7.16. The minimum absolute atomic E-state index is 0.154. The van der Waals surface area contributed by atoms with Crippen LogP contribution in [0.2, 0.25) is 0 Å². The van der Waals surface area contributed by atoms with Gasteiger partial charge in [0.2, 0.25) is 6.10 Å². The molecule has 2 heterocycles. The molecule has 0 unspecified atom stereocenters. The van der Waals surface area contributed by atoms with Crippen molar-refractivity contribution in [1.82, 2.24) is 4.57 Å². The van der Waals surface area contributed by atoms with Gasteiger partial charge in [0.15, 0.2) is 16.3 Å². The van der Waals surface area contributed by atoms with Gasteiger partial charge >= 0.3 is 0 Å². The quantitative estimate of drug-likeness (QED) is 0.694. The van der Waals surface area contributed by atoms with Gasteiger partial charge in [0.25, 0.3) is 5.91 Å². The van der Waals surface area contributed by atoms with Gasteiger partial charge in [0.1, 0.15) is 6.61 Å². The van der Waals surface area contributed by atoms with E-state index in [1.54, 1.807) is 13.2 Å². The second kappa shape index (κ2) is 7.54. The Morgan fingerprint density at radius 2 is 2.07 bits per heavy atom. The Labute approximate surface area is 160 Å². The van der Waals surface area contributed by atoms with Crippen molar-refractivity contribution in [3.05, 3.63) is 52.8 Å². The van der Waals surface area contributed by atoms with Gasteiger partial charge in [-0.1, -0.05) is 35.6 Å². The fourth-order valence-electron chi connectivity index (χ4n) is 3.09. The average Bonchev–Trinajstić information content (AvgIpc) is 3.04. The third-order valence-corrected chi connectivity index (χ3v) is 5.46. The van der Waals surface area contributed by atoms with Crippen molar-refractivity contribution >= 4 is 27.5 Å². The highest BCUT2D eigenvalue weighted by Gasteiger charge is 2.27. The molecule has 140 valence electrons. The van der Waals surface area contributed by atoms with E-state index in [0.29, 0.717) is 29.5 Å². The second-order valence-electron chi connectivity index (χ2n) is 6.27. The fourth-order valence-corrected chi connectivity index (χ4v) is 4.23. The van der Waals surface area contributed by atoms with E-state index in [-0.39, 0.29) is 12.5 Å². The van der Waals surface area contributed by atoms with Crippen LogP contribution >= 0.6 is 11.3 Å². The van der Waals surface area contributed by atoms with Crippen LogP contribution in [0.4, 0.5) is 0 Å². The first-order chi connectivity index (χ1) is 13.2. The summed E-state index contributed by atoms with van der Waals surface area (Å²) in [4.78, 5) is 17.8. The Morgan fingerprint density at radius 3 is 2.89 bits per heavy atom. The number of amides is 1. The maximum atomic E-state index is 12.8. The van der Waals surface area contributed by atoms with Crippen LogP contribution in [0.5, 0.6) is 11.5 Å². The first-order valence-electron chi connectivity index (χ1n) is 8.72. The third kappa shape index (κ3) is 3.48. The Morgan fingerprint density at radius 1 is 1.26 bits per heavy atom. The maximum absolute atomic E-state index is 12.8. The normalized spacial score (nSPS) is 16.7. The van der Waals surface area contributed by atoms with Crippen LogP contribution in [-0.4, -0.2) is 36.9 Å². The lowest BCUT2D eigenvalue weighted by molar-refractivity contribution is -0.127. The number of rotatable bonds is 4. The molecule has 0 N–H and O–H groups in total. The number of ether oxygens (including phenoxy) is 3. The molecule has 3 aromatic rings. The average molecular weight is 384 g/mol. The zero-order valence-electron chi connectivity index (χ0n) is 15.2. The first kappa shape index (κ1) is 17.8. The molecule has 1 aliphatic heterocycles. The molecule has 1 aromatic heterocycles. The molecule has 1 atom stereocenters. The number of nitrogens with zero attached hydrogens (tertiary/aromatic N) is 2. The van der Waals surface area contributed by atoms with Crippen molar-refractivity contribution in [2.24, 2.45) is 4.99 Å². The summed E-state index contributed by atoms with van der Waals surface area (Å²) in [5, 5.41) is 0. The van der Waals surface area contributed by atoms with Crippen molar-refractivity contribution in [2.75, 3.05) is 20.3 Å². The maximum Gasteiger partial charge on any atom is 0.292 e. The molecular formula is C20H20N2O4S. The molecule has 27 heavy (non-hydrogen) atoms. The van der Waals surface area contributed by atoms with Crippen LogP contribution in [0.25, 0.3) is 10.2 Å². The molecule has 4 rings (SSSR count). The predicted molar refractivity (Wildman–Crippen MR) is 103 cm³/mol. The molecule has 1 amide bonds. The van der Waals surface area contributed by atoms with Crippen molar-refractivity contribution in [2.45, 2.75) is 19.6 Å². The van der Waals surface area contributed by atoms with Gasteiger partial charge in [0.05, 0.1) is 16.8 Å². The highest BCUT2D eigenvalue weighted by atomic mass is 32.1. The summed E-state index contributed by atoms with van der Waals surface area (Å²) in [5.74, 6) is 0.866. The third-order valence-electron chi connectivity index (χ3n) is 4.41. The Balaban J connectivity index is 1.70. The molecule has 7 heteroatoms. The van der Waals surface area contributed by atoms with E-state index in [0.717, 1.165) is 15.8 Å². The van der Waals surface area contributed by atoms with Crippen LogP contribution in [0.3, 0.4) is 0 Å². The molecular weight excluding hydrogens is 364 g/mol. The predicted octanol–water partition coefficient (Wildman–Crippen LogP) is 2.92. The van der Waals surface area contributed by atoms with Crippen LogP contribution in [0.1, 0.15) is 5.56 Å². The summed E-state index contributed by atoms with van der Waals surface area (Å²) in [6, 6.07) is 13.4. The topological polar surface area (TPSA) is 62.1 Å². The number of aromatic nitrogens is 1. The number of hydrogen-bond donors (Lipinski definition) is 0. The number of benzene rings is 2. The van der Waals surface area contributed by atoms with Crippen molar-refractivity contribution in [3.63, 3.8) is 0 Å². The highest BCUT2D eigenvalue weighted by Crippen LogP contribution is 2.31. The SMILES string of the molecule is COCCn1c(=NC(=O)[C@@H]2COc3ccccc3O2)sc2cccc(C)c21. The van der Waals surface area contributed by atoms with Crippen LogP contribution in [0.15, 0.2) is 47.5 Å². The molecule has 0 saturated heterocycles. The molecule has 0 aliphatic carbocycles. The molecule has 1 aliphatic rings. The Bertz CT molecular complexity index is 1050. The molecule has 0 radical (unpaired) electrons. The number of thiazole rings is 1. The van der Waals surface area contributed by atoms with E-state index in [1.807, 2.05) is 34.9 Å². The standard InChI is InChI=1S/C20H20N2O4S/c1-13-6-5-9-17-18(13)22(10-11-24-2)20(27-17)21-19(23)16-12-25-14-7-3-4-8-15(14)26-16/h3-9,16H,10-12H2,1-2H3/t16-/m0/s1. The zero-order chi connectivity index (χ0) is 18.8. The molecule has 0 spiro atoms. The van der Waals surface area contributed by atoms with Gasteiger partial charge in [0, 0.05) is 13.7 Å². The van der Waals surface area contributed by atoms with Crippen molar-refractivity contribution < 1.29 is 19.0 Å². The molecule has 0 bridgehead atoms. The minimum Gasteiger partial charge on any atom is -0.485 e. The lowest BCUT2D eigenvalue weighted by atomic mass is 10.2. The molecule has 0 fully saturated rings. The zero-order valence-corrected chi connectivity index (χ0v) is 16.0. The van der Waals surface area contributed by atoms with Crippen molar-refractivity contribution in [3.8, 4) is 11.5 Å². The lowest BCUT2D eigenvalue weighted by Crippen LogP contribution is -2.37. The van der Waals surface area contributed by atoms with E-state index >= 15 is 0 Å². The van der Waals surface area contributed by atoms with E-state index in [9.17, 15) is 4.79 Å². The summed E-state index contributed by atoms with van der Waals surface area (Å²) in [5.41, 5.74) is 2.22. The number of para-hydroxylation sites is 3. The fraction of sp³-hybridized carbons (Fsp3) is 0.300. The molecule has 2 aromatic carbocycles. The van der Waals surface area contributed by atoms with Gasteiger partial charge < -0.3 is 18.8 Å². The summed E-state index contributed by atoms with van der Waals surface area (Å²) in [7, 11) is 1.66. The summed E-state index contributed by atoms with van der Waals surface area (Å²) < 4.78 is 19.8. The first-order valence-corrected chi connectivity index (χ1v) is 9.54. The molecule has 6 nitrogen and oxygen atoms in total. The Kier molecular flexibility index (Phi) is 4.96. The van der Waals surface area contributed by atoms with Crippen LogP contribution in [-0.2, 0) is 16.1 Å². The van der Waals surface area contributed by atoms with E-state index in [4.69, 9.17) is 14.2 Å². The lowest BCUT2D eigenvalue weighted by Gasteiger charge is -2.23. The van der Waals surface area contributed by atoms with Crippen LogP contribution in [0, 0.1) is 6.92 Å². The summed E-state index contributed by atoms with van der Waals surface area (Å²) in [6.45, 7) is 3.37. The van der Waals surface area contributed by atoms with Crippen molar-refractivity contribution in [1.29, 1.82) is 0 Å². The number of carbonyl (C=O) groups is 1. The van der Waals surface area contributed by atoms with Gasteiger partial charge in [-0.15, -0.1) is 0 Å². The van der Waals surface area contributed by atoms with Gasteiger partial charge in [-0.2, -0.15) is 4.99 Å². The Hall–Kier alpha value is -2.64. The van der Waals surface area contributed by atoms with Gasteiger partial charge in [-0.3, -0.25) is 4.79 Å². The number of fused-ring (bicyclic) bond motifs is 2. The molecule has 0 saturated carbocycles. The number of methoxy groups -OCH3 is 1. The number of carbonyl (C=O) groups excluding carboxylic acids is 1. The smallest absolute Gasteiger partial charge is 0.292 e. The van der Waals surface area contributed by atoms with E-state index in [1.165, 1.54) is 11.3 Å². The van der Waals surface area contributed by atoms with Gasteiger partial charge in [-0.05, 0) is 30.7 Å². The van der Waals surface area contributed by atoms with Crippen LogP contribution < -0.4 is 14.3 Å². The van der Waals surface area contributed by atoms with Gasteiger partial charge in [-0.25, -0.2) is 0 Å². The van der Waals surface area contributed by atoms with E-state index in [2.05, 4.69) is 18.0 Å². The monoisotopic (exact) mass is 384 g/mol. The number of aryl methyl sites for hydroxylation is 1. The number of hydrogen-bond acceptors (Lipinski definition) is 5.